The van der Waals surface area contributed by atoms with Crippen LogP contribution in [0.4, 0.5) is 0 Å². The predicted octanol–water partition coefficient (Wildman–Crippen LogP) is 2.49. The van der Waals surface area contributed by atoms with E-state index in [1.165, 1.54) is 0 Å². The van der Waals surface area contributed by atoms with E-state index in [0.29, 0.717) is 11.1 Å². The minimum absolute atomic E-state index is 0.0744. The molecule has 4 nitrogen and oxygen atoms in total. The number of nitrogens with two attached hydrogens (primary N) is 1. The van der Waals surface area contributed by atoms with Gasteiger partial charge in [0.1, 0.15) is 4.99 Å². The minimum atomic E-state index is -3.50. The van der Waals surface area contributed by atoms with E-state index in [9.17, 15) is 8.42 Å². The second-order valence-electron chi connectivity index (χ2n) is 5.01. The second kappa shape index (κ2) is 7.15. The average molecular weight is 314 g/mol. The molecule has 0 heterocycles. The minimum Gasteiger partial charge on any atom is -0.389 e. The Bertz CT molecular complexity index is 583. The van der Waals surface area contributed by atoms with E-state index in [-0.39, 0.29) is 15.9 Å². The lowest BCUT2D eigenvalue weighted by Crippen LogP contribution is -2.33. The van der Waals surface area contributed by atoms with E-state index in [0.717, 1.165) is 19.3 Å². The van der Waals surface area contributed by atoms with Crippen molar-refractivity contribution >= 4 is 27.2 Å². The van der Waals surface area contributed by atoms with Crippen molar-refractivity contribution in [1.82, 2.24) is 4.72 Å². The Morgan fingerprint density at radius 2 is 2.10 bits per heavy atom. The van der Waals surface area contributed by atoms with E-state index >= 15 is 0 Å². The summed E-state index contributed by atoms with van der Waals surface area (Å²) in [6, 6.07) is 4.82. The summed E-state index contributed by atoms with van der Waals surface area (Å²) < 4.78 is 27.4. The van der Waals surface area contributed by atoms with E-state index < -0.39 is 10.0 Å². The molecule has 1 unspecified atom stereocenters. The topological polar surface area (TPSA) is 72.2 Å². The third-order valence-corrected chi connectivity index (χ3v) is 5.08. The van der Waals surface area contributed by atoms with Crippen LogP contribution in [0.5, 0.6) is 0 Å². The molecule has 0 aliphatic rings. The fourth-order valence-electron chi connectivity index (χ4n) is 2.00. The molecule has 3 N–H and O–H groups in total. The highest BCUT2D eigenvalue weighted by Crippen LogP contribution is 2.17. The van der Waals surface area contributed by atoms with Crippen LogP contribution < -0.4 is 10.5 Å². The average Bonchev–Trinajstić information content (AvgIpc) is 2.35. The lowest BCUT2D eigenvalue weighted by molar-refractivity contribution is 0.534. The lowest BCUT2D eigenvalue weighted by Gasteiger charge is -2.15. The number of hydrogen-bond acceptors (Lipinski definition) is 3. The quantitative estimate of drug-likeness (QED) is 0.759. The molecule has 6 heteroatoms. The second-order valence-corrected chi connectivity index (χ2v) is 7.13. The number of aryl methyl sites for hydroxylation is 1. The molecule has 20 heavy (non-hydrogen) atoms. The number of benzene rings is 1. The third kappa shape index (κ3) is 4.54. The SMILES string of the molecule is CCCCC(C)NS(=O)(=O)c1ccc(C(N)=S)cc1C. The number of rotatable bonds is 7. The first kappa shape index (κ1) is 17.1. The summed E-state index contributed by atoms with van der Waals surface area (Å²) in [7, 11) is -3.50. The molecule has 0 fully saturated rings. The van der Waals surface area contributed by atoms with Crippen molar-refractivity contribution in [2.45, 2.75) is 51.0 Å². The van der Waals surface area contributed by atoms with Gasteiger partial charge in [0.2, 0.25) is 10.0 Å². The molecule has 0 aliphatic heterocycles. The standard InChI is InChI=1S/C14H22N2O2S2/c1-4-5-6-11(3)16-20(17,18)13-8-7-12(14(15)19)9-10(13)2/h7-9,11,16H,4-6H2,1-3H3,(H2,15,19). The van der Waals surface area contributed by atoms with Crippen molar-refractivity contribution in [2.75, 3.05) is 0 Å². The largest absolute Gasteiger partial charge is 0.389 e. The first-order valence-electron chi connectivity index (χ1n) is 6.70. The summed E-state index contributed by atoms with van der Waals surface area (Å²) >= 11 is 4.89. The molecule has 0 aliphatic carbocycles. The number of hydrogen-bond donors (Lipinski definition) is 2. The summed E-state index contributed by atoms with van der Waals surface area (Å²) in [6.07, 6.45) is 2.89. The van der Waals surface area contributed by atoms with Gasteiger partial charge in [0, 0.05) is 11.6 Å². The zero-order valence-corrected chi connectivity index (χ0v) is 13.8. The molecule has 1 aromatic rings. The van der Waals surface area contributed by atoms with Crippen molar-refractivity contribution < 1.29 is 8.42 Å². The third-order valence-electron chi connectivity index (χ3n) is 3.10. The Kier molecular flexibility index (Phi) is 6.10. The summed E-state index contributed by atoms with van der Waals surface area (Å²) in [5.74, 6) is 0. The van der Waals surface area contributed by atoms with Crippen LogP contribution in [0.1, 0.15) is 44.2 Å². The van der Waals surface area contributed by atoms with Gasteiger partial charge >= 0.3 is 0 Å². The van der Waals surface area contributed by atoms with Gasteiger partial charge in [-0.15, -0.1) is 0 Å². The maximum atomic E-state index is 12.3. The smallest absolute Gasteiger partial charge is 0.241 e. The fraction of sp³-hybridized carbons (Fsp3) is 0.500. The highest BCUT2D eigenvalue weighted by molar-refractivity contribution is 7.89. The van der Waals surface area contributed by atoms with Crippen molar-refractivity contribution in [3.63, 3.8) is 0 Å². The number of nitrogens with one attached hydrogen (secondary N) is 1. The summed E-state index contributed by atoms with van der Waals surface area (Å²) in [5, 5.41) is 0. The summed E-state index contributed by atoms with van der Waals surface area (Å²) in [5.41, 5.74) is 6.86. The molecule has 0 aromatic heterocycles. The van der Waals surface area contributed by atoms with Gasteiger partial charge in [0.25, 0.3) is 0 Å². The van der Waals surface area contributed by atoms with Crippen LogP contribution in [0, 0.1) is 6.92 Å². The van der Waals surface area contributed by atoms with Crippen LogP contribution in [0.2, 0.25) is 0 Å². The number of unbranched alkanes of at least 4 members (excludes halogenated alkanes) is 1. The van der Waals surface area contributed by atoms with E-state index in [1.54, 1.807) is 25.1 Å². The Balaban J connectivity index is 2.95. The molecule has 0 amide bonds. The molecule has 0 saturated heterocycles. The Morgan fingerprint density at radius 3 is 2.60 bits per heavy atom. The Labute approximate surface area is 126 Å². The maximum Gasteiger partial charge on any atom is 0.241 e. The molecule has 0 radical (unpaired) electrons. The molecule has 0 spiro atoms. The zero-order chi connectivity index (χ0) is 15.3. The van der Waals surface area contributed by atoms with Gasteiger partial charge in [-0.1, -0.05) is 38.0 Å². The lowest BCUT2D eigenvalue weighted by atomic mass is 10.1. The molecule has 0 bridgehead atoms. The van der Waals surface area contributed by atoms with Crippen LogP contribution in [0.15, 0.2) is 23.1 Å². The van der Waals surface area contributed by atoms with E-state index in [4.69, 9.17) is 18.0 Å². The van der Waals surface area contributed by atoms with Gasteiger partial charge in [-0.2, -0.15) is 0 Å². The Morgan fingerprint density at radius 1 is 1.45 bits per heavy atom. The highest BCUT2D eigenvalue weighted by Gasteiger charge is 2.19. The van der Waals surface area contributed by atoms with Gasteiger partial charge in [-0.05, 0) is 38.0 Å². The molecule has 1 rings (SSSR count). The summed E-state index contributed by atoms with van der Waals surface area (Å²) in [4.78, 5) is 0.544. The number of thiocarbonyl (C=S) groups is 1. The van der Waals surface area contributed by atoms with Crippen molar-refractivity contribution in [2.24, 2.45) is 5.73 Å². The molecule has 1 atom stereocenters. The van der Waals surface area contributed by atoms with Crippen molar-refractivity contribution in [1.29, 1.82) is 0 Å². The van der Waals surface area contributed by atoms with E-state index in [1.807, 2.05) is 6.92 Å². The first-order chi connectivity index (χ1) is 9.27. The van der Waals surface area contributed by atoms with Gasteiger partial charge in [-0.25, -0.2) is 13.1 Å². The van der Waals surface area contributed by atoms with Crippen LogP contribution in [-0.2, 0) is 10.0 Å². The van der Waals surface area contributed by atoms with Gasteiger partial charge < -0.3 is 5.73 Å². The Hall–Kier alpha value is -0.980. The molecular weight excluding hydrogens is 292 g/mol. The maximum absolute atomic E-state index is 12.3. The molecule has 1 aromatic carbocycles. The fourth-order valence-corrected chi connectivity index (χ4v) is 3.63. The van der Waals surface area contributed by atoms with Crippen molar-refractivity contribution in [3.05, 3.63) is 29.3 Å². The van der Waals surface area contributed by atoms with E-state index in [2.05, 4.69) is 11.6 Å². The molecular formula is C14H22N2O2S2. The molecule has 0 saturated carbocycles. The van der Waals surface area contributed by atoms with Gasteiger partial charge in [-0.3, -0.25) is 0 Å². The number of sulfonamides is 1. The van der Waals surface area contributed by atoms with Crippen molar-refractivity contribution in [3.8, 4) is 0 Å². The van der Waals surface area contributed by atoms with Gasteiger partial charge in [0.15, 0.2) is 0 Å². The predicted molar refractivity (Wildman–Crippen MR) is 86.4 cm³/mol. The highest BCUT2D eigenvalue weighted by atomic mass is 32.2. The molecule has 112 valence electrons. The normalized spacial score (nSPS) is 13.2. The zero-order valence-electron chi connectivity index (χ0n) is 12.1. The first-order valence-corrected chi connectivity index (χ1v) is 8.60. The van der Waals surface area contributed by atoms with Crippen LogP contribution in [-0.4, -0.2) is 19.4 Å². The van der Waals surface area contributed by atoms with Gasteiger partial charge in [0.05, 0.1) is 4.90 Å². The monoisotopic (exact) mass is 314 g/mol. The van der Waals surface area contributed by atoms with Crippen LogP contribution >= 0.6 is 12.2 Å². The van der Waals surface area contributed by atoms with Crippen LogP contribution in [0.25, 0.3) is 0 Å². The van der Waals surface area contributed by atoms with Crippen LogP contribution in [0.3, 0.4) is 0 Å². The summed E-state index contributed by atoms with van der Waals surface area (Å²) in [6.45, 7) is 5.71.